The third-order valence-corrected chi connectivity index (χ3v) is 7.77. The van der Waals surface area contributed by atoms with Crippen LogP contribution in [0.1, 0.15) is 62.0 Å². The van der Waals surface area contributed by atoms with E-state index in [1.165, 1.54) is 34.9 Å². The Hall–Kier alpha value is -4.49. The fraction of sp³-hybridized carbons (Fsp3) is 0.533. The highest BCUT2D eigenvalue weighted by molar-refractivity contribution is 5.99. The first-order chi connectivity index (χ1) is 21.0. The Morgan fingerprint density at radius 2 is 1.68 bits per heavy atom. The molecule has 14 heteroatoms. The van der Waals surface area contributed by atoms with E-state index in [9.17, 15) is 33.5 Å². The summed E-state index contributed by atoms with van der Waals surface area (Å²) >= 11 is 0. The monoisotopic (exact) mass is 616 g/mol. The van der Waals surface area contributed by atoms with E-state index in [1.807, 2.05) is 0 Å². The number of nitrogens with one attached hydrogen (secondary N) is 1. The van der Waals surface area contributed by atoms with Crippen LogP contribution in [-0.4, -0.2) is 101 Å². The molecule has 44 heavy (non-hydrogen) atoms. The van der Waals surface area contributed by atoms with Crippen molar-refractivity contribution in [2.45, 2.75) is 64.5 Å². The lowest BCUT2D eigenvalue weighted by molar-refractivity contribution is -0.169. The number of carboxylic acids is 1. The molecule has 1 aliphatic carbocycles. The van der Waals surface area contributed by atoms with Gasteiger partial charge >= 0.3 is 18.0 Å². The number of hydrogen-bond acceptors (Lipinski definition) is 9. The molecule has 13 nitrogen and oxygen atoms in total. The van der Waals surface area contributed by atoms with Gasteiger partial charge < -0.3 is 34.4 Å². The molecule has 2 aromatic rings. The van der Waals surface area contributed by atoms with Gasteiger partial charge in [-0.2, -0.15) is 0 Å². The summed E-state index contributed by atoms with van der Waals surface area (Å²) < 4.78 is 31.0. The van der Waals surface area contributed by atoms with Crippen LogP contribution in [0, 0.1) is 12.7 Å². The van der Waals surface area contributed by atoms with Crippen molar-refractivity contribution in [3.8, 4) is 5.75 Å². The van der Waals surface area contributed by atoms with Crippen LogP contribution in [0.15, 0.2) is 18.2 Å². The molecule has 2 aliphatic rings. The standard InChI is InChI=1S/C30H37FN4O9/c1-4-42-28(40)30(9-6-10-30)44-24-17-23(32-22-15-18(3)20(31)16-19(22)24)26(38)33-21(7-8-25(36)37)27(39)34-11-13-35(14-12-34)29(41)43-5-2/h15-17,21H,4-14H2,1-3H3,(H,33,38)(H,36,37). The minimum absolute atomic E-state index is 0.0512. The number of amides is 3. The van der Waals surface area contributed by atoms with Crippen LogP contribution < -0.4 is 10.1 Å². The summed E-state index contributed by atoms with van der Waals surface area (Å²) in [7, 11) is 0. The van der Waals surface area contributed by atoms with Gasteiger partial charge in [-0.05, 0) is 64.2 Å². The molecule has 1 aliphatic heterocycles. The lowest BCUT2D eigenvalue weighted by Crippen LogP contribution is -2.56. The molecule has 1 aromatic carbocycles. The van der Waals surface area contributed by atoms with Crippen molar-refractivity contribution in [2.75, 3.05) is 39.4 Å². The van der Waals surface area contributed by atoms with Crippen molar-refractivity contribution in [1.82, 2.24) is 20.1 Å². The van der Waals surface area contributed by atoms with Crippen LogP contribution in [0.5, 0.6) is 5.75 Å². The van der Waals surface area contributed by atoms with Gasteiger partial charge in [-0.3, -0.25) is 14.4 Å². The highest BCUT2D eigenvalue weighted by atomic mass is 19.1. The maximum atomic E-state index is 14.6. The Kier molecular flexibility index (Phi) is 10.2. The molecule has 1 saturated carbocycles. The molecule has 2 N–H and O–H groups in total. The second-order valence-electron chi connectivity index (χ2n) is 10.8. The number of aromatic nitrogens is 1. The van der Waals surface area contributed by atoms with E-state index < -0.39 is 47.3 Å². The van der Waals surface area contributed by atoms with E-state index in [0.717, 1.165) is 0 Å². The Morgan fingerprint density at radius 3 is 2.27 bits per heavy atom. The predicted octanol–water partition coefficient (Wildman–Crippen LogP) is 2.81. The summed E-state index contributed by atoms with van der Waals surface area (Å²) in [6.45, 7) is 6.05. The van der Waals surface area contributed by atoms with Crippen LogP contribution >= 0.6 is 0 Å². The van der Waals surface area contributed by atoms with Gasteiger partial charge in [-0.25, -0.2) is 19.0 Å². The third-order valence-electron chi connectivity index (χ3n) is 7.77. The number of hydrogen-bond donors (Lipinski definition) is 2. The Balaban J connectivity index is 1.60. The molecule has 0 radical (unpaired) electrons. The number of pyridine rings is 1. The number of carbonyl (C=O) groups excluding carboxylic acids is 4. The van der Waals surface area contributed by atoms with Gasteiger partial charge in [0.2, 0.25) is 11.5 Å². The van der Waals surface area contributed by atoms with E-state index in [0.29, 0.717) is 19.3 Å². The van der Waals surface area contributed by atoms with Gasteiger partial charge in [0.25, 0.3) is 5.91 Å². The number of benzene rings is 1. The molecule has 238 valence electrons. The maximum absolute atomic E-state index is 14.6. The van der Waals surface area contributed by atoms with Crippen LogP contribution in [-0.2, 0) is 23.9 Å². The first-order valence-corrected chi connectivity index (χ1v) is 14.7. The van der Waals surface area contributed by atoms with E-state index >= 15 is 0 Å². The van der Waals surface area contributed by atoms with E-state index in [-0.39, 0.29) is 80.1 Å². The normalized spacial score (nSPS) is 16.5. The average Bonchev–Trinajstić information content (AvgIpc) is 2.97. The average molecular weight is 617 g/mol. The topological polar surface area (TPSA) is 165 Å². The summed E-state index contributed by atoms with van der Waals surface area (Å²) in [5.41, 5.74) is -0.954. The Morgan fingerprint density at radius 1 is 1.02 bits per heavy atom. The number of carbonyl (C=O) groups is 5. The highest BCUT2D eigenvalue weighted by Crippen LogP contribution is 2.40. The van der Waals surface area contributed by atoms with Crippen molar-refractivity contribution in [3.63, 3.8) is 0 Å². The number of piperazine rings is 1. The lowest BCUT2D eigenvalue weighted by Gasteiger charge is -2.39. The first kappa shape index (κ1) is 32.4. The Bertz CT molecular complexity index is 1440. The molecule has 3 amide bonds. The molecule has 2 fully saturated rings. The molecule has 1 unspecified atom stereocenters. The molecule has 0 spiro atoms. The summed E-state index contributed by atoms with van der Waals surface area (Å²) in [6, 6.07) is 2.74. The quantitative estimate of drug-likeness (QED) is 0.359. The van der Waals surface area contributed by atoms with Gasteiger partial charge in [0.1, 0.15) is 23.3 Å². The highest BCUT2D eigenvalue weighted by Gasteiger charge is 2.48. The summed E-state index contributed by atoms with van der Waals surface area (Å²) in [6.07, 6.45) is 0.397. The summed E-state index contributed by atoms with van der Waals surface area (Å²) in [4.78, 5) is 70.5. The van der Waals surface area contributed by atoms with Crippen molar-refractivity contribution < 1.29 is 47.7 Å². The van der Waals surface area contributed by atoms with Crippen LogP contribution in [0.25, 0.3) is 10.9 Å². The van der Waals surface area contributed by atoms with Crippen molar-refractivity contribution in [1.29, 1.82) is 0 Å². The van der Waals surface area contributed by atoms with Gasteiger partial charge in [0.15, 0.2) is 0 Å². The molecule has 1 aromatic heterocycles. The molecule has 0 bridgehead atoms. The zero-order valence-electron chi connectivity index (χ0n) is 25.0. The summed E-state index contributed by atoms with van der Waals surface area (Å²) in [5.74, 6) is -3.47. The number of aryl methyl sites for hydroxylation is 1. The third kappa shape index (κ3) is 7.17. The van der Waals surface area contributed by atoms with Crippen LogP contribution in [0.4, 0.5) is 9.18 Å². The Labute approximate surface area is 253 Å². The van der Waals surface area contributed by atoms with Crippen molar-refractivity contribution in [3.05, 3.63) is 35.3 Å². The molecule has 4 rings (SSSR count). The first-order valence-electron chi connectivity index (χ1n) is 14.7. The number of fused-ring (bicyclic) bond motifs is 1. The molecule has 2 heterocycles. The van der Waals surface area contributed by atoms with E-state index in [2.05, 4.69) is 10.3 Å². The fourth-order valence-electron chi connectivity index (χ4n) is 5.14. The van der Waals surface area contributed by atoms with E-state index in [1.54, 1.807) is 13.8 Å². The zero-order chi connectivity index (χ0) is 32.0. The number of carboxylic acid groups (broad SMARTS) is 1. The molecule has 1 atom stereocenters. The van der Waals surface area contributed by atoms with Crippen molar-refractivity contribution >= 4 is 40.7 Å². The van der Waals surface area contributed by atoms with Crippen LogP contribution in [0.3, 0.4) is 0 Å². The molecular weight excluding hydrogens is 579 g/mol. The SMILES string of the molecule is CCOC(=O)N1CCN(C(=O)C(CCC(=O)O)NC(=O)c2cc(OC3(C(=O)OCC)CCC3)c3cc(F)c(C)cc3n2)CC1. The number of esters is 1. The minimum atomic E-state index is -1.29. The number of ether oxygens (including phenoxy) is 3. The van der Waals surface area contributed by atoms with Gasteiger partial charge in [-0.1, -0.05) is 0 Å². The number of aliphatic carboxylic acids is 1. The molecular formula is C30H37FN4O9. The predicted molar refractivity (Wildman–Crippen MR) is 154 cm³/mol. The largest absolute Gasteiger partial charge is 0.481 e. The van der Waals surface area contributed by atoms with Gasteiger partial charge in [-0.15, -0.1) is 0 Å². The van der Waals surface area contributed by atoms with Crippen molar-refractivity contribution in [2.24, 2.45) is 0 Å². The fourth-order valence-corrected chi connectivity index (χ4v) is 5.14. The zero-order valence-corrected chi connectivity index (χ0v) is 25.0. The number of halogens is 1. The molecule has 1 saturated heterocycles. The second kappa shape index (κ2) is 13.9. The van der Waals surface area contributed by atoms with Gasteiger partial charge in [0.05, 0.1) is 18.7 Å². The minimum Gasteiger partial charge on any atom is -0.481 e. The number of rotatable bonds is 11. The maximum Gasteiger partial charge on any atom is 0.409 e. The van der Waals surface area contributed by atoms with Gasteiger partial charge in [0, 0.05) is 44.1 Å². The smallest absolute Gasteiger partial charge is 0.409 e. The summed E-state index contributed by atoms with van der Waals surface area (Å²) in [5, 5.41) is 12.1. The second-order valence-corrected chi connectivity index (χ2v) is 10.8. The van der Waals surface area contributed by atoms with Crippen LogP contribution in [0.2, 0.25) is 0 Å². The lowest BCUT2D eigenvalue weighted by atomic mass is 9.80. The van der Waals surface area contributed by atoms with E-state index in [4.69, 9.17) is 14.2 Å². The number of nitrogens with zero attached hydrogens (tertiary/aromatic N) is 3.